The van der Waals surface area contributed by atoms with E-state index in [-0.39, 0.29) is 12.3 Å². The molecule has 0 spiro atoms. The van der Waals surface area contributed by atoms with E-state index in [1.54, 1.807) is 0 Å². The molecule has 2 aliphatic rings. The number of benzene rings is 2. The van der Waals surface area contributed by atoms with E-state index in [0.29, 0.717) is 10.2 Å². The van der Waals surface area contributed by atoms with Crippen molar-refractivity contribution in [2.45, 2.75) is 51.9 Å². The Morgan fingerprint density at radius 1 is 0.688 bits per heavy atom. The zero-order valence-electron chi connectivity index (χ0n) is 18.5. The maximum Gasteiger partial charge on any atom is 0.192 e. The van der Waals surface area contributed by atoms with Crippen molar-refractivity contribution in [1.82, 2.24) is 20.7 Å². The standard InChI is InChI=1S/C24H30N4O2S2/c1-3-5-15-29-19-11-7-17(8-12-19)21-25-23(31)28-22(26-24(32)27(21)28)18-9-13-20(14-10-18)30-16-6-4-2/h7-14,21-22H,3-6,15-16H2,1-2H3,(H,25,31)(H,26,32)/t21-,22-/m1/s1. The number of hydrazine groups is 1. The zero-order chi connectivity index (χ0) is 22.5. The number of thiocarbonyl (C=S) groups is 2. The molecule has 2 aliphatic heterocycles. The molecule has 0 bridgehead atoms. The summed E-state index contributed by atoms with van der Waals surface area (Å²) in [7, 11) is 0. The fourth-order valence-electron chi connectivity index (χ4n) is 3.78. The molecule has 170 valence electrons. The third kappa shape index (κ3) is 4.76. The van der Waals surface area contributed by atoms with Gasteiger partial charge in [-0.25, -0.2) is 10.0 Å². The molecule has 8 heteroatoms. The highest BCUT2D eigenvalue weighted by Gasteiger charge is 2.47. The summed E-state index contributed by atoms with van der Waals surface area (Å²) < 4.78 is 11.6. The van der Waals surface area contributed by atoms with Crippen LogP contribution in [0.3, 0.4) is 0 Å². The van der Waals surface area contributed by atoms with Crippen LogP contribution in [-0.4, -0.2) is 33.5 Å². The number of unbranched alkanes of at least 4 members (excludes halogenated alkanes) is 2. The second kappa shape index (κ2) is 10.4. The summed E-state index contributed by atoms with van der Waals surface area (Å²) in [5.74, 6) is 1.75. The number of ether oxygens (including phenoxy) is 2. The normalized spacial score (nSPS) is 19.6. The predicted octanol–water partition coefficient (Wildman–Crippen LogP) is 5.04. The minimum absolute atomic E-state index is 0.158. The maximum atomic E-state index is 5.79. The highest BCUT2D eigenvalue weighted by molar-refractivity contribution is 7.80. The molecule has 0 saturated carbocycles. The first kappa shape index (κ1) is 22.6. The Morgan fingerprint density at radius 2 is 1.06 bits per heavy atom. The molecule has 0 amide bonds. The molecule has 4 rings (SSSR count). The lowest BCUT2D eigenvalue weighted by Crippen LogP contribution is -2.36. The number of nitrogens with zero attached hydrogens (tertiary/aromatic N) is 2. The molecule has 2 aromatic rings. The lowest BCUT2D eigenvalue weighted by molar-refractivity contribution is 0.114. The molecule has 2 fully saturated rings. The van der Waals surface area contributed by atoms with E-state index in [0.717, 1.165) is 61.5 Å². The summed E-state index contributed by atoms with van der Waals surface area (Å²) in [5.41, 5.74) is 2.14. The average Bonchev–Trinajstić information content (AvgIpc) is 3.33. The predicted molar refractivity (Wildman–Crippen MR) is 134 cm³/mol. The van der Waals surface area contributed by atoms with E-state index in [9.17, 15) is 0 Å². The summed E-state index contributed by atoms with van der Waals surface area (Å²) in [6.07, 6.45) is 4.02. The summed E-state index contributed by atoms with van der Waals surface area (Å²) >= 11 is 11.4. The Hall–Kier alpha value is -2.58. The second-order valence-electron chi connectivity index (χ2n) is 7.94. The van der Waals surface area contributed by atoms with E-state index >= 15 is 0 Å². The first-order valence-corrected chi connectivity index (χ1v) is 12.1. The monoisotopic (exact) mass is 470 g/mol. The first-order chi connectivity index (χ1) is 15.6. The molecule has 0 aliphatic carbocycles. The van der Waals surface area contributed by atoms with Crippen molar-refractivity contribution in [1.29, 1.82) is 0 Å². The fraction of sp³-hybridized carbons (Fsp3) is 0.417. The Labute approximate surface area is 200 Å². The van der Waals surface area contributed by atoms with Gasteiger partial charge in [-0.3, -0.25) is 0 Å². The molecular weight excluding hydrogens is 440 g/mol. The molecule has 0 radical (unpaired) electrons. The number of fused-ring (bicyclic) bond motifs is 1. The van der Waals surface area contributed by atoms with Crippen molar-refractivity contribution in [3.63, 3.8) is 0 Å². The molecular formula is C24H30N4O2S2. The molecule has 2 atom stereocenters. The van der Waals surface area contributed by atoms with Gasteiger partial charge in [0, 0.05) is 0 Å². The number of nitrogens with one attached hydrogen (secondary N) is 2. The van der Waals surface area contributed by atoms with Gasteiger partial charge in [-0.05, 0) is 72.7 Å². The van der Waals surface area contributed by atoms with Gasteiger partial charge in [-0.2, -0.15) is 0 Å². The van der Waals surface area contributed by atoms with E-state index in [2.05, 4.69) is 48.7 Å². The Bertz CT molecular complexity index is 859. The van der Waals surface area contributed by atoms with Crippen LogP contribution in [-0.2, 0) is 0 Å². The van der Waals surface area contributed by atoms with Crippen molar-refractivity contribution < 1.29 is 9.47 Å². The fourth-order valence-corrected chi connectivity index (χ4v) is 4.39. The summed E-state index contributed by atoms with van der Waals surface area (Å²) in [6.45, 7) is 5.78. The van der Waals surface area contributed by atoms with Crippen LogP contribution in [0.25, 0.3) is 0 Å². The van der Waals surface area contributed by atoms with Crippen LogP contribution < -0.4 is 20.1 Å². The minimum atomic E-state index is -0.158. The average molecular weight is 471 g/mol. The largest absolute Gasteiger partial charge is 0.494 e. The van der Waals surface area contributed by atoms with Crippen molar-refractivity contribution in [3.8, 4) is 11.5 Å². The van der Waals surface area contributed by atoms with Gasteiger partial charge in [0.1, 0.15) is 23.8 Å². The van der Waals surface area contributed by atoms with Crippen LogP contribution in [0.5, 0.6) is 11.5 Å². The third-order valence-corrected chi connectivity index (χ3v) is 6.19. The SMILES string of the molecule is CCCCOc1ccc([C@@H]2NC(=S)N3[C@H](c4ccc(OCCCC)cc4)NC(=S)N23)cc1. The smallest absolute Gasteiger partial charge is 0.192 e. The van der Waals surface area contributed by atoms with Gasteiger partial charge in [-0.1, -0.05) is 51.0 Å². The molecule has 0 aromatic heterocycles. The van der Waals surface area contributed by atoms with Crippen LogP contribution >= 0.6 is 24.4 Å². The Kier molecular flexibility index (Phi) is 7.32. The van der Waals surface area contributed by atoms with Crippen LogP contribution in [0.15, 0.2) is 48.5 Å². The van der Waals surface area contributed by atoms with E-state index in [1.165, 1.54) is 0 Å². The Balaban J connectivity index is 1.46. The maximum absolute atomic E-state index is 5.79. The van der Waals surface area contributed by atoms with E-state index < -0.39 is 0 Å². The van der Waals surface area contributed by atoms with Crippen molar-refractivity contribution in [3.05, 3.63) is 59.7 Å². The summed E-state index contributed by atoms with van der Waals surface area (Å²) in [6, 6.07) is 16.2. The quantitative estimate of drug-likeness (QED) is 0.370. The van der Waals surface area contributed by atoms with Crippen LogP contribution in [0.1, 0.15) is 63.0 Å². The van der Waals surface area contributed by atoms with Crippen LogP contribution in [0.4, 0.5) is 0 Å². The summed E-state index contributed by atoms with van der Waals surface area (Å²) in [5, 5.41) is 12.1. The Morgan fingerprint density at radius 3 is 1.41 bits per heavy atom. The molecule has 2 aromatic carbocycles. The van der Waals surface area contributed by atoms with Gasteiger partial charge in [0.25, 0.3) is 0 Å². The highest BCUT2D eigenvalue weighted by atomic mass is 32.1. The lowest BCUT2D eigenvalue weighted by Gasteiger charge is -2.26. The van der Waals surface area contributed by atoms with Crippen LogP contribution in [0.2, 0.25) is 0 Å². The van der Waals surface area contributed by atoms with Gasteiger partial charge in [-0.15, -0.1) is 0 Å². The second-order valence-corrected chi connectivity index (χ2v) is 8.71. The molecule has 0 unspecified atom stereocenters. The van der Waals surface area contributed by atoms with E-state index in [4.69, 9.17) is 33.9 Å². The van der Waals surface area contributed by atoms with Gasteiger partial charge < -0.3 is 20.1 Å². The third-order valence-electron chi connectivity index (χ3n) is 5.58. The molecule has 2 heterocycles. The van der Waals surface area contributed by atoms with Gasteiger partial charge in [0.05, 0.1) is 13.2 Å². The van der Waals surface area contributed by atoms with Crippen molar-refractivity contribution in [2.24, 2.45) is 0 Å². The topological polar surface area (TPSA) is 49.0 Å². The van der Waals surface area contributed by atoms with E-state index in [1.807, 2.05) is 34.3 Å². The minimum Gasteiger partial charge on any atom is -0.494 e. The van der Waals surface area contributed by atoms with Gasteiger partial charge >= 0.3 is 0 Å². The number of hydrogen-bond donors (Lipinski definition) is 2. The van der Waals surface area contributed by atoms with Gasteiger partial charge in [0.15, 0.2) is 10.2 Å². The number of rotatable bonds is 10. The lowest BCUT2D eigenvalue weighted by atomic mass is 10.1. The molecule has 6 nitrogen and oxygen atoms in total. The highest BCUT2D eigenvalue weighted by Crippen LogP contribution is 2.37. The van der Waals surface area contributed by atoms with Gasteiger partial charge in [0.2, 0.25) is 0 Å². The molecule has 2 saturated heterocycles. The van der Waals surface area contributed by atoms with Crippen molar-refractivity contribution >= 4 is 34.7 Å². The zero-order valence-corrected chi connectivity index (χ0v) is 20.2. The molecule has 2 N–H and O–H groups in total. The summed E-state index contributed by atoms with van der Waals surface area (Å²) in [4.78, 5) is 0. The van der Waals surface area contributed by atoms with Crippen LogP contribution in [0, 0.1) is 0 Å². The molecule has 32 heavy (non-hydrogen) atoms. The van der Waals surface area contributed by atoms with Crippen molar-refractivity contribution in [2.75, 3.05) is 13.2 Å². The first-order valence-electron chi connectivity index (χ1n) is 11.3. The number of hydrogen-bond acceptors (Lipinski definition) is 4.